The van der Waals surface area contributed by atoms with Gasteiger partial charge in [-0.05, 0) is 146 Å². The second kappa shape index (κ2) is 12.1. The molecule has 4 fully saturated rings. The van der Waals surface area contributed by atoms with Gasteiger partial charge < -0.3 is 14.6 Å². The highest BCUT2D eigenvalue weighted by Crippen LogP contribution is 2.63. The molecule has 5 heteroatoms. The van der Waals surface area contributed by atoms with Gasteiger partial charge in [0.2, 0.25) is 0 Å². The van der Waals surface area contributed by atoms with Crippen LogP contribution in [0.15, 0.2) is 23.8 Å². The van der Waals surface area contributed by atoms with Gasteiger partial charge in [-0.2, -0.15) is 0 Å². The number of hydrogen-bond donors (Lipinski definition) is 1. The third-order valence-corrected chi connectivity index (χ3v) is 12.9. The number of fused-ring (bicyclic) bond motifs is 2. The van der Waals surface area contributed by atoms with Crippen LogP contribution >= 0.6 is 0 Å². The molecule has 5 nitrogen and oxygen atoms in total. The highest BCUT2D eigenvalue weighted by atomic mass is 16.6. The van der Waals surface area contributed by atoms with E-state index in [1.54, 1.807) is 0 Å². The van der Waals surface area contributed by atoms with E-state index in [-0.39, 0.29) is 40.5 Å². The summed E-state index contributed by atoms with van der Waals surface area (Å²) in [5, 5.41) is 10.9. The lowest BCUT2D eigenvalue weighted by atomic mass is 9.46. The molecule has 4 saturated carbocycles. The Labute approximate surface area is 256 Å². The maximum Gasteiger partial charge on any atom is 0.312 e. The lowest BCUT2D eigenvalue weighted by molar-refractivity contribution is -0.209. The molecule has 4 aliphatic rings. The molecule has 1 unspecified atom stereocenters. The number of carbonyl (C=O) groups is 2. The van der Waals surface area contributed by atoms with Gasteiger partial charge in [-0.15, -0.1) is 0 Å². The SMILES string of the molecule is C=C1CC[C@@H]2[C@](C)(CCC[C@]2(C)C(=O)O[C@]2(C)CCC[C@]3(C)CC[C@@H](C(C)(C)O)CC32)[C@H]1CC/C(C)=C/COC(C)=O. The fourth-order valence-electron chi connectivity index (χ4n) is 10.3. The van der Waals surface area contributed by atoms with E-state index in [0.717, 1.165) is 77.0 Å². The molecule has 238 valence electrons. The summed E-state index contributed by atoms with van der Waals surface area (Å²) in [6, 6.07) is 0. The second-order valence-electron chi connectivity index (χ2n) is 16.4. The Hall–Kier alpha value is -1.62. The van der Waals surface area contributed by atoms with E-state index in [1.807, 2.05) is 19.9 Å². The van der Waals surface area contributed by atoms with Crippen LogP contribution in [0.25, 0.3) is 0 Å². The van der Waals surface area contributed by atoms with Gasteiger partial charge in [-0.1, -0.05) is 38.0 Å². The van der Waals surface area contributed by atoms with Crippen LogP contribution in [0, 0.1) is 39.9 Å². The summed E-state index contributed by atoms with van der Waals surface area (Å²) in [5.41, 5.74) is 1.02. The van der Waals surface area contributed by atoms with Crippen molar-refractivity contribution in [2.75, 3.05) is 6.61 Å². The monoisotopic (exact) mass is 584 g/mol. The van der Waals surface area contributed by atoms with E-state index >= 15 is 0 Å². The zero-order valence-corrected chi connectivity index (χ0v) is 28.1. The summed E-state index contributed by atoms with van der Waals surface area (Å²) in [4.78, 5) is 25.7. The second-order valence-corrected chi connectivity index (χ2v) is 16.4. The number of hydrogen-bond acceptors (Lipinski definition) is 5. The van der Waals surface area contributed by atoms with Crippen molar-refractivity contribution < 1.29 is 24.2 Å². The summed E-state index contributed by atoms with van der Waals surface area (Å²) in [6.45, 7) is 21.6. The standard InChI is InChI=1S/C37H60O5/c1-25(17-23-41-27(3)38)12-14-29-26(2)13-15-30-35(29,7)19-11-20-36(30,8)32(39)42-37(9)21-10-18-34(6)22-16-28(24-31(34)37)33(4,5)40/h17,28-31,40H,2,10-16,18-24H2,1,3-9H3/b25-17+/t28-,29+,30-,31?,34-,35-,36+,37-/m1/s1. The predicted octanol–water partition coefficient (Wildman–Crippen LogP) is 8.73. The maximum absolute atomic E-state index is 14.5. The number of carbonyl (C=O) groups excluding carboxylic acids is 2. The van der Waals surface area contributed by atoms with Crippen LogP contribution in [0.1, 0.15) is 139 Å². The number of esters is 2. The van der Waals surface area contributed by atoms with E-state index in [9.17, 15) is 14.7 Å². The summed E-state index contributed by atoms with van der Waals surface area (Å²) >= 11 is 0. The summed E-state index contributed by atoms with van der Waals surface area (Å²) in [5.74, 6) is 0.889. The Morgan fingerprint density at radius 3 is 2.36 bits per heavy atom. The first-order valence-electron chi connectivity index (χ1n) is 16.9. The molecule has 0 aliphatic heterocycles. The first kappa shape index (κ1) is 33.3. The highest BCUT2D eigenvalue weighted by molar-refractivity contribution is 5.78. The van der Waals surface area contributed by atoms with E-state index in [4.69, 9.17) is 9.47 Å². The van der Waals surface area contributed by atoms with Crippen molar-refractivity contribution in [3.63, 3.8) is 0 Å². The highest BCUT2D eigenvalue weighted by Gasteiger charge is 2.60. The zero-order chi connectivity index (χ0) is 31.1. The van der Waals surface area contributed by atoms with Crippen molar-refractivity contribution in [3.8, 4) is 0 Å². The largest absolute Gasteiger partial charge is 0.462 e. The molecule has 0 saturated heterocycles. The van der Waals surface area contributed by atoms with Crippen molar-refractivity contribution in [1.82, 2.24) is 0 Å². The molecule has 4 rings (SSSR count). The number of aliphatic hydroxyl groups is 1. The van der Waals surface area contributed by atoms with Gasteiger partial charge in [-0.3, -0.25) is 9.59 Å². The van der Waals surface area contributed by atoms with Gasteiger partial charge in [0.05, 0.1) is 11.0 Å². The predicted molar refractivity (Wildman–Crippen MR) is 169 cm³/mol. The van der Waals surface area contributed by atoms with Gasteiger partial charge in [-0.25, -0.2) is 0 Å². The molecule has 1 N–H and O–H groups in total. The molecule has 0 heterocycles. The Kier molecular flexibility index (Phi) is 9.55. The summed E-state index contributed by atoms with van der Waals surface area (Å²) in [7, 11) is 0. The third-order valence-electron chi connectivity index (χ3n) is 12.9. The Bertz CT molecular complexity index is 1070. The van der Waals surface area contributed by atoms with Crippen molar-refractivity contribution in [2.45, 2.75) is 150 Å². The molecule has 0 spiro atoms. The summed E-state index contributed by atoms with van der Waals surface area (Å²) < 4.78 is 12.0. The first-order valence-corrected chi connectivity index (χ1v) is 16.9. The smallest absolute Gasteiger partial charge is 0.312 e. The lowest BCUT2D eigenvalue weighted by Crippen LogP contribution is -2.58. The molecule has 42 heavy (non-hydrogen) atoms. The van der Waals surface area contributed by atoms with E-state index < -0.39 is 16.6 Å². The van der Waals surface area contributed by atoms with Crippen LogP contribution in [-0.2, 0) is 19.1 Å². The molecule has 0 bridgehead atoms. The molecule has 0 aromatic rings. The van der Waals surface area contributed by atoms with Crippen LogP contribution in [0.2, 0.25) is 0 Å². The van der Waals surface area contributed by atoms with Gasteiger partial charge in [0.15, 0.2) is 0 Å². The van der Waals surface area contributed by atoms with Crippen LogP contribution in [0.4, 0.5) is 0 Å². The molecule has 4 aliphatic carbocycles. The first-order chi connectivity index (χ1) is 19.4. The molecule has 0 aromatic heterocycles. The number of allylic oxidation sites excluding steroid dienone is 2. The molecule has 0 amide bonds. The van der Waals surface area contributed by atoms with Crippen molar-refractivity contribution in [2.24, 2.45) is 39.9 Å². The number of rotatable bonds is 8. The van der Waals surface area contributed by atoms with Gasteiger partial charge >= 0.3 is 11.9 Å². The molecule has 0 radical (unpaired) electrons. The molecule has 8 atom stereocenters. The maximum atomic E-state index is 14.5. The van der Waals surface area contributed by atoms with Crippen LogP contribution in [0.5, 0.6) is 0 Å². The minimum Gasteiger partial charge on any atom is -0.462 e. The van der Waals surface area contributed by atoms with Crippen LogP contribution in [0.3, 0.4) is 0 Å². The third kappa shape index (κ3) is 6.42. The van der Waals surface area contributed by atoms with Gasteiger partial charge in [0, 0.05) is 12.8 Å². The van der Waals surface area contributed by atoms with E-state index in [2.05, 4.69) is 41.2 Å². The lowest BCUT2D eigenvalue weighted by Gasteiger charge is -2.60. The minimum absolute atomic E-state index is 0.0103. The topological polar surface area (TPSA) is 72.8 Å². The normalized spacial score (nSPS) is 41.0. The van der Waals surface area contributed by atoms with Crippen LogP contribution < -0.4 is 0 Å². The van der Waals surface area contributed by atoms with E-state index in [0.29, 0.717) is 12.5 Å². The van der Waals surface area contributed by atoms with Gasteiger partial charge in [0.1, 0.15) is 12.2 Å². The fourth-order valence-corrected chi connectivity index (χ4v) is 10.3. The zero-order valence-electron chi connectivity index (χ0n) is 28.1. The Balaban J connectivity index is 1.53. The van der Waals surface area contributed by atoms with Crippen molar-refractivity contribution >= 4 is 11.9 Å². The summed E-state index contributed by atoms with van der Waals surface area (Å²) in [6.07, 6.45) is 15.2. The molecular formula is C37H60O5. The van der Waals surface area contributed by atoms with Crippen LogP contribution in [-0.4, -0.2) is 34.9 Å². The molecule has 0 aromatic carbocycles. The van der Waals surface area contributed by atoms with E-state index in [1.165, 1.54) is 24.5 Å². The molecular weight excluding hydrogens is 524 g/mol. The average Bonchev–Trinajstić information content (AvgIpc) is 2.87. The van der Waals surface area contributed by atoms with Crippen molar-refractivity contribution in [3.05, 3.63) is 23.8 Å². The van der Waals surface area contributed by atoms with Gasteiger partial charge in [0.25, 0.3) is 0 Å². The van der Waals surface area contributed by atoms with Crippen molar-refractivity contribution in [1.29, 1.82) is 0 Å². The Morgan fingerprint density at radius 1 is 1.00 bits per heavy atom. The fraction of sp³-hybridized carbons (Fsp3) is 0.838. The number of ether oxygens (including phenoxy) is 2. The quantitative estimate of drug-likeness (QED) is 0.228. The average molecular weight is 585 g/mol. The minimum atomic E-state index is -0.714. The Morgan fingerprint density at radius 2 is 1.69 bits per heavy atom.